The minimum Gasteiger partial charge on any atom is -0.460 e. The van der Waals surface area contributed by atoms with E-state index in [0.29, 0.717) is 23.2 Å². The van der Waals surface area contributed by atoms with Gasteiger partial charge in [-0.25, -0.2) is 4.79 Å². The minimum absolute atomic E-state index is 0.250. The van der Waals surface area contributed by atoms with Gasteiger partial charge in [0, 0.05) is 24.5 Å². The number of hydrogen-bond acceptors (Lipinski definition) is 3. The van der Waals surface area contributed by atoms with Crippen molar-refractivity contribution in [3.8, 4) is 0 Å². The van der Waals surface area contributed by atoms with Gasteiger partial charge in [0.05, 0.1) is 12.2 Å². The maximum atomic E-state index is 12.0. The molecule has 0 atom stereocenters. The van der Waals surface area contributed by atoms with Crippen molar-refractivity contribution in [1.29, 1.82) is 0 Å². The molecule has 1 rings (SSSR count). The molecule has 0 saturated carbocycles. The van der Waals surface area contributed by atoms with E-state index in [4.69, 9.17) is 9.47 Å². The number of hydrogen-bond donors (Lipinski definition) is 0. The fourth-order valence-corrected chi connectivity index (χ4v) is 3.51. The topological polar surface area (TPSA) is 35.5 Å². The summed E-state index contributed by atoms with van der Waals surface area (Å²) in [6.45, 7) is 3.47. The lowest BCUT2D eigenvalue weighted by molar-refractivity contribution is 0.0312. The molecule has 112 valence electrons. The van der Waals surface area contributed by atoms with Crippen LogP contribution in [0.25, 0.3) is 0 Å². The van der Waals surface area contributed by atoms with Crippen LogP contribution in [0.2, 0.25) is 0 Å². The normalized spacial score (nSPS) is 10.7. The molecule has 0 aromatic heterocycles. The number of benzene rings is 1. The molecule has 0 N–H and O–H groups in total. The molecule has 1 aromatic carbocycles. The third kappa shape index (κ3) is 5.40. The second kappa shape index (κ2) is 9.56. The lowest BCUT2D eigenvalue weighted by Gasteiger charge is -2.10. The van der Waals surface area contributed by atoms with Gasteiger partial charge in [-0.05, 0) is 76.2 Å². The number of unbranched alkanes of at least 4 members (excludes halogenated alkanes) is 1. The highest BCUT2D eigenvalue weighted by atomic mass is 79.9. The van der Waals surface area contributed by atoms with Crippen molar-refractivity contribution < 1.29 is 14.3 Å². The van der Waals surface area contributed by atoms with Crippen LogP contribution in [-0.2, 0) is 9.47 Å². The maximum absolute atomic E-state index is 12.0. The van der Waals surface area contributed by atoms with Gasteiger partial charge in [0.1, 0.15) is 6.61 Å². The summed E-state index contributed by atoms with van der Waals surface area (Å²) in [6.07, 6.45) is 2.11. The first kappa shape index (κ1) is 18.6. The Morgan fingerprint density at radius 3 is 2.40 bits per heavy atom. The minimum atomic E-state index is -0.384. The summed E-state index contributed by atoms with van der Waals surface area (Å²) in [7, 11) is 0. The number of esters is 1. The van der Waals surface area contributed by atoms with E-state index in [1.54, 1.807) is 6.07 Å². The second-order valence-electron chi connectivity index (χ2n) is 3.95. The first-order chi connectivity index (χ1) is 9.49. The molecule has 0 aliphatic heterocycles. The molecule has 0 fully saturated rings. The van der Waals surface area contributed by atoms with Crippen molar-refractivity contribution >= 4 is 69.7 Å². The molecule has 20 heavy (non-hydrogen) atoms. The molecular formula is C13H14Br4O3. The Morgan fingerprint density at radius 1 is 1.05 bits per heavy atom. The molecule has 3 nitrogen and oxygen atoms in total. The van der Waals surface area contributed by atoms with Crippen LogP contribution in [0.5, 0.6) is 0 Å². The monoisotopic (exact) mass is 534 g/mol. The van der Waals surface area contributed by atoms with E-state index in [0.717, 1.165) is 26.3 Å². The van der Waals surface area contributed by atoms with Gasteiger partial charge >= 0.3 is 5.97 Å². The third-order valence-corrected chi connectivity index (χ3v) is 7.09. The van der Waals surface area contributed by atoms with Crippen LogP contribution < -0.4 is 0 Å². The fraction of sp³-hybridized carbons (Fsp3) is 0.462. The summed E-state index contributed by atoms with van der Waals surface area (Å²) < 4.78 is 13.6. The van der Waals surface area contributed by atoms with Crippen molar-refractivity contribution in [2.24, 2.45) is 0 Å². The lowest BCUT2D eigenvalue weighted by atomic mass is 10.2. The van der Waals surface area contributed by atoms with Crippen LogP contribution in [0.1, 0.15) is 30.1 Å². The summed E-state index contributed by atoms with van der Waals surface area (Å²) in [6, 6.07) is 1.71. The van der Waals surface area contributed by atoms with Crippen LogP contribution in [0.3, 0.4) is 0 Å². The fourth-order valence-electron chi connectivity index (χ4n) is 1.34. The summed E-state index contributed by atoms with van der Waals surface area (Å²) in [5.41, 5.74) is 0.459. The van der Waals surface area contributed by atoms with E-state index in [2.05, 4.69) is 70.6 Å². The summed E-state index contributed by atoms with van der Waals surface area (Å²) in [5.74, 6) is -0.384. The molecule has 0 radical (unpaired) electrons. The average molecular weight is 538 g/mol. The lowest BCUT2D eigenvalue weighted by Crippen LogP contribution is -2.12. The van der Waals surface area contributed by atoms with Crippen LogP contribution in [-0.4, -0.2) is 25.8 Å². The van der Waals surface area contributed by atoms with E-state index in [1.165, 1.54) is 0 Å². The smallest absolute Gasteiger partial charge is 0.339 e. The molecule has 0 aliphatic carbocycles. The van der Waals surface area contributed by atoms with Crippen molar-refractivity contribution in [3.05, 3.63) is 29.5 Å². The van der Waals surface area contributed by atoms with Crippen molar-refractivity contribution in [2.45, 2.75) is 19.8 Å². The molecule has 0 heterocycles. The Labute approximate surface area is 152 Å². The second-order valence-corrected chi connectivity index (χ2v) is 7.18. The third-order valence-electron chi connectivity index (χ3n) is 2.43. The highest BCUT2D eigenvalue weighted by Gasteiger charge is 2.18. The number of carbonyl (C=O) groups excluding carboxylic acids is 1. The molecule has 0 aliphatic rings. The van der Waals surface area contributed by atoms with Crippen molar-refractivity contribution in [3.63, 3.8) is 0 Å². The first-order valence-corrected chi connectivity index (χ1v) is 9.24. The molecule has 0 unspecified atom stereocenters. The number of ether oxygens (including phenoxy) is 2. The van der Waals surface area contributed by atoms with Crippen LogP contribution in [0, 0.1) is 0 Å². The van der Waals surface area contributed by atoms with Crippen molar-refractivity contribution in [1.82, 2.24) is 0 Å². The van der Waals surface area contributed by atoms with E-state index in [9.17, 15) is 4.79 Å². The largest absolute Gasteiger partial charge is 0.460 e. The van der Waals surface area contributed by atoms with Gasteiger partial charge in [-0.3, -0.25) is 0 Å². The molecule has 0 bridgehead atoms. The highest BCUT2D eigenvalue weighted by molar-refractivity contribution is 9.15. The maximum Gasteiger partial charge on any atom is 0.339 e. The Balaban J connectivity index is 2.56. The summed E-state index contributed by atoms with van der Waals surface area (Å²) in [4.78, 5) is 12.0. The standard InChI is InChI=1S/C13H14Br4O3/c1-2-3-4-19-5-6-20-13(18)8-7-9(14)11(16)12(17)10(8)15/h7H,2-6H2,1H3. The molecular weight excluding hydrogens is 524 g/mol. The zero-order valence-electron chi connectivity index (χ0n) is 10.8. The van der Waals surface area contributed by atoms with Gasteiger partial charge in [-0.15, -0.1) is 0 Å². The molecule has 7 heteroatoms. The summed E-state index contributed by atoms with van der Waals surface area (Å²) in [5, 5.41) is 0. The Bertz CT molecular complexity index is 477. The summed E-state index contributed by atoms with van der Waals surface area (Å²) >= 11 is 13.6. The van der Waals surface area contributed by atoms with Gasteiger partial charge in [-0.2, -0.15) is 0 Å². The van der Waals surface area contributed by atoms with E-state index in [-0.39, 0.29) is 12.6 Å². The van der Waals surface area contributed by atoms with Crippen LogP contribution >= 0.6 is 63.7 Å². The number of rotatable bonds is 7. The Morgan fingerprint density at radius 2 is 1.75 bits per heavy atom. The zero-order valence-corrected chi connectivity index (χ0v) is 17.2. The molecule has 0 saturated heterocycles. The van der Waals surface area contributed by atoms with E-state index in [1.807, 2.05) is 0 Å². The van der Waals surface area contributed by atoms with Crippen molar-refractivity contribution in [2.75, 3.05) is 19.8 Å². The quantitative estimate of drug-likeness (QED) is 0.193. The first-order valence-electron chi connectivity index (χ1n) is 6.06. The van der Waals surface area contributed by atoms with Gasteiger partial charge in [-0.1, -0.05) is 13.3 Å². The SMILES string of the molecule is CCCCOCCOC(=O)c1cc(Br)c(Br)c(Br)c1Br. The van der Waals surface area contributed by atoms with Crippen LogP contribution in [0.15, 0.2) is 24.0 Å². The Hall–Kier alpha value is 0.570. The predicted molar refractivity (Wildman–Crippen MR) is 93.3 cm³/mol. The number of halogens is 4. The van der Waals surface area contributed by atoms with Gasteiger partial charge < -0.3 is 9.47 Å². The number of carbonyl (C=O) groups is 1. The van der Waals surface area contributed by atoms with Gasteiger partial charge in [0.25, 0.3) is 0 Å². The van der Waals surface area contributed by atoms with E-state index >= 15 is 0 Å². The average Bonchev–Trinajstić information content (AvgIpc) is 2.44. The molecule has 0 spiro atoms. The predicted octanol–water partition coefficient (Wildman–Crippen LogP) is 5.71. The van der Waals surface area contributed by atoms with E-state index < -0.39 is 0 Å². The van der Waals surface area contributed by atoms with Crippen LogP contribution in [0.4, 0.5) is 0 Å². The van der Waals surface area contributed by atoms with Gasteiger partial charge in [0.15, 0.2) is 0 Å². The highest BCUT2D eigenvalue weighted by Crippen LogP contribution is 2.39. The zero-order chi connectivity index (χ0) is 15.1. The molecule has 1 aromatic rings. The Kier molecular flexibility index (Phi) is 8.90. The van der Waals surface area contributed by atoms with Gasteiger partial charge in [0.2, 0.25) is 0 Å². The molecule has 0 amide bonds.